The zero-order valence-corrected chi connectivity index (χ0v) is 12.1. The molecule has 2 aromatic carbocycles. The van der Waals surface area contributed by atoms with Crippen LogP contribution in [0.4, 0.5) is 8.78 Å². The number of halogens is 3. The van der Waals surface area contributed by atoms with Crippen molar-refractivity contribution in [1.29, 1.82) is 0 Å². The van der Waals surface area contributed by atoms with Crippen LogP contribution in [-0.4, -0.2) is 0 Å². The Morgan fingerprint density at radius 3 is 2.30 bits per heavy atom. The number of hydrogen-bond acceptors (Lipinski definition) is 1. The van der Waals surface area contributed by atoms with Gasteiger partial charge < -0.3 is 5.73 Å². The fourth-order valence-electron chi connectivity index (χ4n) is 2.32. The fourth-order valence-corrected chi connectivity index (χ4v) is 2.47. The van der Waals surface area contributed by atoms with E-state index in [0.29, 0.717) is 6.42 Å². The SMILES string of the molecule is Cc1cccc(C)c1CC(N)c1cc(F)c(Cl)cc1F. The first-order chi connectivity index (χ1) is 9.40. The Kier molecular flexibility index (Phi) is 4.41. The topological polar surface area (TPSA) is 26.0 Å². The average molecular weight is 296 g/mol. The summed E-state index contributed by atoms with van der Waals surface area (Å²) in [5.41, 5.74) is 9.43. The van der Waals surface area contributed by atoms with E-state index in [2.05, 4.69) is 0 Å². The van der Waals surface area contributed by atoms with Crippen LogP contribution in [-0.2, 0) is 6.42 Å². The number of nitrogens with two attached hydrogens (primary N) is 1. The van der Waals surface area contributed by atoms with Gasteiger partial charge in [-0.2, -0.15) is 0 Å². The van der Waals surface area contributed by atoms with Crippen LogP contribution >= 0.6 is 11.6 Å². The van der Waals surface area contributed by atoms with E-state index in [4.69, 9.17) is 17.3 Å². The minimum atomic E-state index is -0.653. The Labute approximate surface area is 122 Å². The molecule has 2 N–H and O–H groups in total. The van der Waals surface area contributed by atoms with Gasteiger partial charge in [0.25, 0.3) is 0 Å². The molecule has 0 spiro atoms. The van der Waals surface area contributed by atoms with Crippen LogP contribution < -0.4 is 5.73 Å². The van der Waals surface area contributed by atoms with Crippen LogP contribution in [0.5, 0.6) is 0 Å². The van der Waals surface area contributed by atoms with Gasteiger partial charge in [0.15, 0.2) is 0 Å². The Hall–Kier alpha value is -1.45. The highest BCUT2D eigenvalue weighted by Gasteiger charge is 2.17. The quantitative estimate of drug-likeness (QED) is 0.830. The van der Waals surface area contributed by atoms with Crippen LogP contribution in [0.2, 0.25) is 5.02 Å². The van der Waals surface area contributed by atoms with Gasteiger partial charge in [-0.3, -0.25) is 0 Å². The van der Waals surface area contributed by atoms with Gasteiger partial charge >= 0.3 is 0 Å². The van der Waals surface area contributed by atoms with Crippen molar-refractivity contribution < 1.29 is 8.78 Å². The molecule has 4 heteroatoms. The lowest BCUT2D eigenvalue weighted by Gasteiger charge is -2.17. The van der Waals surface area contributed by atoms with Gasteiger partial charge in [0, 0.05) is 11.6 Å². The third kappa shape index (κ3) is 3.00. The first-order valence-corrected chi connectivity index (χ1v) is 6.73. The van der Waals surface area contributed by atoms with Crippen molar-refractivity contribution in [3.05, 3.63) is 69.2 Å². The molecule has 1 unspecified atom stereocenters. The second-order valence-electron chi connectivity index (χ2n) is 4.97. The van der Waals surface area contributed by atoms with Crippen LogP contribution in [0, 0.1) is 25.5 Å². The monoisotopic (exact) mass is 295 g/mol. The van der Waals surface area contributed by atoms with Crippen molar-refractivity contribution in [2.45, 2.75) is 26.3 Å². The molecule has 1 atom stereocenters. The normalized spacial score (nSPS) is 12.5. The third-order valence-electron chi connectivity index (χ3n) is 3.51. The van der Waals surface area contributed by atoms with Gasteiger partial charge in [-0.05, 0) is 49.1 Å². The van der Waals surface area contributed by atoms with E-state index in [-0.39, 0.29) is 10.6 Å². The summed E-state index contributed by atoms with van der Waals surface area (Å²) in [5.74, 6) is -1.23. The number of rotatable bonds is 3. The van der Waals surface area contributed by atoms with E-state index in [1.165, 1.54) is 0 Å². The Morgan fingerprint density at radius 2 is 1.70 bits per heavy atom. The van der Waals surface area contributed by atoms with E-state index in [9.17, 15) is 8.78 Å². The summed E-state index contributed by atoms with van der Waals surface area (Å²) in [6, 6.07) is 7.36. The molecular weight excluding hydrogens is 280 g/mol. The van der Waals surface area contributed by atoms with E-state index < -0.39 is 17.7 Å². The lowest BCUT2D eigenvalue weighted by Crippen LogP contribution is -2.16. The Bertz CT molecular complexity index is 620. The minimum Gasteiger partial charge on any atom is -0.324 e. The van der Waals surface area contributed by atoms with Gasteiger partial charge in [-0.25, -0.2) is 8.78 Å². The molecule has 0 aliphatic rings. The van der Waals surface area contributed by atoms with Crippen LogP contribution in [0.25, 0.3) is 0 Å². The largest absolute Gasteiger partial charge is 0.324 e. The highest BCUT2D eigenvalue weighted by molar-refractivity contribution is 6.30. The molecule has 0 fully saturated rings. The van der Waals surface area contributed by atoms with Gasteiger partial charge in [-0.1, -0.05) is 29.8 Å². The summed E-state index contributed by atoms with van der Waals surface area (Å²) in [5, 5.41) is -0.231. The second-order valence-corrected chi connectivity index (χ2v) is 5.38. The van der Waals surface area contributed by atoms with Crippen molar-refractivity contribution in [2.24, 2.45) is 5.73 Å². The highest BCUT2D eigenvalue weighted by atomic mass is 35.5. The zero-order chi connectivity index (χ0) is 14.9. The maximum absolute atomic E-state index is 13.9. The van der Waals surface area contributed by atoms with Crippen molar-refractivity contribution in [1.82, 2.24) is 0 Å². The molecule has 20 heavy (non-hydrogen) atoms. The molecule has 2 aromatic rings. The molecule has 0 saturated carbocycles. The molecular formula is C16H16ClF2N. The van der Waals surface area contributed by atoms with Gasteiger partial charge in [-0.15, -0.1) is 0 Å². The number of benzene rings is 2. The van der Waals surface area contributed by atoms with Crippen molar-refractivity contribution in [2.75, 3.05) is 0 Å². The minimum absolute atomic E-state index is 0.148. The van der Waals surface area contributed by atoms with E-state index in [1.54, 1.807) is 0 Å². The summed E-state index contributed by atoms with van der Waals surface area (Å²) in [6.07, 6.45) is 0.455. The van der Waals surface area contributed by atoms with Gasteiger partial charge in [0.05, 0.1) is 5.02 Å². The molecule has 1 nitrogen and oxygen atoms in total. The Balaban J connectivity index is 2.33. The standard InChI is InChI=1S/C16H16ClF2N/c1-9-4-3-5-10(2)11(9)7-16(20)12-6-15(19)13(17)8-14(12)18/h3-6,8,16H,7,20H2,1-2H3. The van der Waals surface area contributed by atoms with Crippen LogP contribution in [0.3, 0.4) is 0 Å². The number of hydrogen-bond donors (Lipinski definition) is 1. The maximum Gasteiger partial charge on any atom is 0.142 e. The molecule has 0 saturated heterocycles. The highest BCUT2D eigenvalue weighted by Crippen LogP contribution is 2.26. The maximum atomic E-state index is 13.9. The molecule has 0 aliphatic carbocycles. The van der Waals surface area contributed by atoms with Gasteiger partial charge in [0.1, 0.15) is 11.6 Å². The first-order valence-electron chi connectivity index (χ1n) is 6.35. The third-order valence-corrected chi connectivity index (χ3v) is 3.80. The molecule has 0 radical (unpaired) electrons. The molecule has 0 heterocycles. The predicted molar refractivity (Wildman–Crippen MR) is 77.9 cm³/mol. The van der Waals surface area contributed by atoms with E-state index in [1.807, 2.05) is 32.0 Å². The van der Waals surface area contributed by atoms with Crippen LogP contribution in [0.1, 0.15) is 28.3 Å². The Morgan fingerprint density at radius 1 is 1.10 bits per heavy atom. The second kappa shape index (κ2) is 5.90. The predicted octanol–water partition coefficient (Wildman–Crippen LogP) is 4.48. The molecule has 0 amide bonds. The fraction of sp³-hybridized carbons (Fsp3) is 0.250. The summed E-state index contributed by atoms with van der Waals surface area (Å²) in [7, 11) is 0. The smallest absolute Gasteiger partial charge is 0.142 e. The lowest BCUT2D eigenvalue weighted by atomic mass is 9.93. The average Bonchev–Trinajstić information content (AvgIpc) is 2.38. The van der Waals surface area contributed by atoms with Gasteiger partial charge in [0.2, 0.25) is 0 Å². The van der Waals surface area contributed by atoms with Crippen LogP contribution in [0.15, 0.2) is 30.3 Å². The molecule has 0 aromatic heterocycles. The summed E-state index contributed by atoms with van der Waals surface area (Å²) in [4.78, 5) is 0. The zero-order valence-electron chi connectivity index (χ0n) is 11.4. The molecule has 0 bridgehead atoms. The number of aryl methyl sites for hydroxylation is 2. The first kappa shape index (κ1) is 14.9. The lowest BCUT2D eigenvalue weighted by molar-refractivity contribution is 0.560. The van der Waals surface area contributed by atoms with Crippen molar-refractivity contribution in [3.8, 4) is 0 Å². The van der Waals surface area contributed by atoms with Crippen molar-refractivity contribution in [3.63, 3.8) is 0 Å². The summed E-state index contributed by atoms with van der Waals surface area (Å²) >= 11 is 5.55. The summed E-state index contributed by atoms with van der Waals surface area (Å²) in [6.45, 7) is 3.96. The van der Waals surface area contributed by atoms with Crippen molar-refractivity contribution >= 4 is 11.6 Å². The van der Waals surface area contributed by atoms with E-state index in [0.717, 1.165) is 28.8 Å². The molecule has 2 rings (SSSR count). The van der Waals surface area contributed by atoms with E-state index >= 15 is 0 Å². The summed E-state index contributed by atoms with van der Waals surface area (Å²) < 4.78 is 27.3. The molecule has 106 valence electrons. The molecule has 0 aliphatic heterocycles.